The number of hydrogen-bond acceptors (Lipinski definition) is 5. The summed E-state index contributed by atoms with van der Waals surface area (Å²) >= 11 is 1.79. The van der Waals surface area contributed by atoms with Crippen LogP contribution in [0.1, 0.15) is 23.3 Å². The topological polar surface area (TPSA) is 54.5 Å². The van der Waals surface area contributed by atoms with Crippen LogP contribution in [0.3, 0.4) is 0 Å². The van der Waals surface area contributed by atoms with Crippen molar-refractivity contribution in [3.8, 4) is 0 Å². The van der Waals surface area contributed by atoms with Gasteiger partial charge in [-0.25, -0.2) is 0 Å². The van der Waals surface area contributed by atoms with Crippen molar-refractivity contribution in [3.05, 3.63) is 52.5 Å². The summed E-state index contributed by atoms with van der Waals surface area (Å²) in [6, 6.07) is 8.46. The van der Waals surface area contributed by atoms with E-state index in [-0.39, 0.29) is 18.1 Å². The second-order valence-electron chi connectivity index (χ2n) is 6.38. The van der Waals surface area contributed by atoms with E-state index in [1.54, 1.807) is 23.7 Å². The lowest BCUT2D eigenvalue weighted by Crippen LogP contribution is -2.36. The Morgan fingerprint density at radius 1 is 1.42 bits per heavy atom. The third kappa shape index (κ3) is 3.36. The number of rotatable bonds is 5. The van der Waals surface area contributed by atoms with Crippen LogP contribution >= 0.6 is 11.3 Å². The van der Waals surface area contributed by atoms with Gasteiger partial charge in [0, 0.05) is 49.4 Å². The second kappa shape index (κ2) is 7.01. The number of carbonyl (C=O) groups is 1. The molecule has 1 N–H and O–H groups in total. The summed E-state index contributed by atoms with van der Waals surface area (Å²) in [5.74, 6) is -0.00988. The minimum absolute atomic E-state index is 0.00988. The molecule has 4 heterocycles. The Balaban J connectivity index is 1.31. The standard InChI is InChI=1S/C18H21N3O2S/c22-18(20-11-13-3-1-6-19-10-13)17-9-15-16(23-17)5-7-21(15)12-14-4-2-8-24-14/h1-4,6,8,10,15-17H,5,7,9,11-12H2,(H,20,22)/t15-,16-,17-/m0/s1. The minimum atomic E-state index is -0.331. The fourth-order valence-electron chi connectivity index (χ4n) is 3.61. The molecule has 0 spiro atoms. The van der Waals surface area contributed by atoms with Gasteiger partial charge in [-0.3, -0.25) is 14.7 Å². The first kappa shape index (κ1) is 15.7. The predicted molar refractivity (Wildman–Crippen MR) is 92.5 cm³/mol. The van der Waals surface area contributed by atoms with Crippen molar-refractivity contribution in [2.24, 2.45) is 0 Å². The van der Waals surface area contributed by atoms with E-state index in [9.17, 15) is 4.79 Å². The zero-order valence-electron chi connectivity index (χ0n) is 13.4. The zero-order valence-corrected chi connectivity index (χ0v) is 14.2. The quantitative estimate of drug-likeness (QED) is 0.904. The summed E-state index contributed by atoms with van der Waals surface area (Å²) in [6.07, 6.45) is 5.17. The summed E-state index contributed by atoms with van der Waals surface area (Å²) in [5, 5.41) is 5.08. The molecule has 6 heteroatoms. The van der Waals surface area contributed by atoms with Crippen molar-refractivity contribution < 1.29 is 9.53 Å². The summed E-state index contributed by atoms with van der Waals surface area (Å²) in [5.41, 5.74) is 1.00. The summed E-state index contributed by atoms with van der Waals surface area (Å²) in [6.45, 7) is 2.52. The highest BCUT2D eigenvalue weighted by Gasteiger charge is 2.45. The first-order valence-electron chi connectivity index (χ1n) is 8.38. The van der Waals surface area contributed by atoms with Crippen LogP contribution in [0.4, 0.5) is 0 Å². The van der Waals surface area contributed by atoms with Crippen molar-refractivity contribution in [1.29, 1.82) is 0 Å². The molecule has 2 aliphatic rings. The lowest BCUT2D eigenvalue weighted by atomic mass is 10.1. The van der Waals surface area contributed by atoms with E-state index in [0.717, 1.165) is 31.5 Å². The number of ether oxygens (including phenoxy) is 1. The van der Waals surface area contributed by atoms with Crippen molar-refractivity contribution >= 4 is 17.2 Å². The molecule has 3 atom stereocenters. The van der Waals surface area contributed by atoms with Crippen LogP contribution in [-0.2, 0) is 22.6 Å². The number of fused-ring (bicyclic) bond motifs is 1. The smallest absolute Gasteiger partial charge is 0.249 e. The van der Waals surface area contributed by atoms with E-state index in [1.807, 2.05) is 12.1 Å². The summed E-state index contributed by atoms with van der Waals surface area (Å²) < 4.78 is 6.02. The molecule has 0 aliphatic carbocycles. The van der Waals surface area contributed by atoms with Crippen LogP contribution in [-0.4, -0.2) is 40.6 Å². The maximum atomic E-state index is 12.4. The molecule has 24 heavy (non-hydrogen) atoms. The van der Waals surface area contributed by atoms with Gasteiger partial charge >= 0.3 is 0 Å². The summed E-state index contributed by atoms with van der Waals surface area (Å²) in [4.78, 5) is 20.3. The molecule has 4 rings (SSSR count). The van der Waals surface area contributed by atoms with Crippen LogP contribution in [0.15, 0.2) is 42.0 Å². The lowest BCUT2D eigenvalue weighted by molar-refractivity contribution is -0.132. The highest BCUT2D eigenvalue weighted by molar-refractivity contribution is 7.09. The number of nitrogens with zero attached hydrogens (tertiary/aromatic N) is 2. The average molecular weight is 343 g/mol. The van der Waals surface area contributed by atoms with E-state index >= 15 is 0 Å². The van der Waals surface area contributed by atoms with Crippen LogP contribution in [0.2, 0.25) is 0 Å². The molecule has 0 bridgehead atoms. The maximum Gasteiger partial charge on any atom is 0.249 e. The van der Waals surface area contributed by atoms with Gasteiger partial charge in [-0.1, -0.05) is 12.1 Å². The molecule has 2 aromatic rings. The average Bonchev–Trinajstić information content (AvgIpc) is 3.32. The molecule has 0 saturated carbocycles. The van der Waals surface area contributed by atoms with Gasteiger partial charge in [0.05, 0.1) is 6.10 Å². The van der Waals surface area contributed by atoms with Gasteiger partial charge < -0.3 is 10.1 Å². The Morgan fingerprint density at radius 2 is 2.38 bits per heavy atom. The third-order valence-corrected chi connectivity index (χ3v) is 5.68. The van der Waals surface area contributed by atoms with Gasteiger partial charge in [0.15, 0.2) is 0 Å². The van der Waals surface area contributed by atoms with Crippen molar-refractivity contribution in [1.82, 2.24) is 15.2 Å². The molecule has 0 aromatic carbocycles. The number of likely N-dealkylation sites (tertiary alicyclic amines) is 1. The van der Waals surface area contributed by atoms with Crippen LogP contribution in [0, 0.1) is 0 Å². The highest BCUT2D eigenvalue weighted by Crippen LogP contribution is 2.34. The number of hydrogen-bond donors (Lipinski definition) is 1. The Kier molecular flexibility index (Phi) is 4.60. The molecular formula is C18H21N3O2S. The lowest BCUT2D eigenvalue weighted by Gasteiger charge is -2.21. The first-order valence-corrected chi connectivity index (χ1v) is 9.26. The molecule has 0 unspecified atom stereocenters. The number of amides is 1. The molecule has 126 valence electrons. The normalized spacial score (nSPS) is 26.4. The van der Waals surface area contributed by atoms with Crippen LogP contribution in [0.5, 0.6) is 0 Å². The van der Waals surface area contributed by atoms with Gasteiger partial charge in [0.2, 0.25) is 5.91 Å². The molecular weight excluding hydrogens is 322 g/mol. The fourth-order valence-corrected chi connectivity index (χ4v) is 4.33. The molecule has 5 nitrogen and oxygen atoms in total. The Hall–Kier alpha value is -1.76. The second-order valence-corrected chi connectivity index (χ2v) is 7.42. The summed E-state index contributed by atoms with van der Waals surface area (Å²) in [7, 11) is 0. The molecule has 2 fully saturated rings. The predicted octanol–water partition coefficient (Wildman–Crippen LogP) is 2.19. The van der Waals surface area contributed by atoms with Gasteiger partial charge in [-0.15, -0.1) is 11.3 Å². The van der Waals surface area contributed by atoms with E-state index in [0.29, 0.717) is 12.6 Å². The first-order chi connectivity index (χ1) is 11.8. The largest absolute Gasteiger partial charge is 0.363 e. The number of nitrogens with one attached hydrogen (secondary N) is 1. The SMILES string of the molecule is O=C(NCc1cccnc1)[C@@H]1C[C@H]2[C@H](CCN2Cc2cccs2)O1. The van der Waals surface area contributed by atoms with E-state index in [4.69, 9.17) is 4.74 Å². The number of thiophene rings is 1. The highest BCUT2D eigenvalue weighted by atomic mass is 32.1. The van der Waals surface area contributed by atoms with Crippen molar-refractivity contribution in [2.75, 3.05) is 6.54 Å². The van der Waals surface area contributed by atoms with Gasteiger partial charge in [-0.05, 0) is 29.5 Å². The zero-order chi connectivity index (χ0) is 16.4. The van der Waals surface area contributed by atoms with Crippen molar-refractivity contribution in [3.63, 3.8) is 0 Å². The molecule has 1 amide bonds. The fraction of sp³-hybridized carbons (Fsp3) is 0.444. The number of aromatic nitrogens is 1. The van der Waals surface area contributed by atoms with E-state index in [1.165, 1.54) is 4.88 Å². The van der Waals surface area contributed by atoms with Crippen LogP contribution in [0.25, 0.3) is 0 Å². The Bertz CT molecular complexity index is 677. The number of carbonyl (C=O) groups excluding carboxylic acids is 1. The number of pyridine rings is 1. The molecule has 0 radical (unpaired) electrons. The Morgan fingerprint density at radius 3 is 3.17 bits per heavy atom. The van der Waals surface area contributed by atoms with Gasteiger partial charge in [-0.2, -0.15) is 0 Å². The monoisotopic (exact) mass is 343 g/mol. The molecule has 2 aliphatic heterocycles. The maximum absolute atomic E-state index is 12.4. The van der Waals surface area contributed by atoms with E-state index in [2.05, 4.69) is 32.7 Å². The van der Waals surface area contributed by atoms with Gasteiger partial charge in [0.25, 0.3) is 0 Å². The molecule has 2 saturated heterocycles. The Labute approximate surface area is 145 Å². The van der Waals surface area contributed by atoms with Crippen LogP contribution < -0.4 is 5.32 Å². The third-order valence-electron chi connectivity index (χ3n) is 4.81. The van der Waals surface area contributed by atoms with Crippen molar-refractivity contribution in [2.45, 2.75) is 44.2 Å². The minimum Gasteiger partial charge on any atom is -0.363 e. The molecule has 2 aromatic heterocycles. The van der Waals surface area contributed by atoms with E-state index < -0.39 is 0 Å². The van der Waals surface area contributed by atoms with Gasteiger partial charge in [0.1, 0.15) is 6.10 Å².